The summed E-state index contributed by atoms with van der Waals surface area (Å²) in [4.78, 5) is 40.2. The monoisotopic (exact) mass is 431 g/mol. The molecule has 0 atom stereocenters. The average molecular weight is 431 g/mol. The van der Waals surface area contributed by atoms with Crippen LogP contribution in [-0.4, -0.2) is 25.8 Å². The molecule has 0 saturated heterocycles. The normalized spacial score (nSPS) is 10.6. The van der Waals surface area contributed by atoms with Crippen molar-refractivity contribution in [1.82, 2.24) is 19.9 Å². The number of ether oxygens (including phenoxy) is 1. The molecule has 9 heteroatoms. The number of nitrogens with one attached hydrogen (secondary N) is 2. The van der Waals surface area contributed by atoms with E-state index in [1.165, 1.54) is 24.5 Å². The van der Waals surface area contributed by atoms with Gasteiger partial charge in [0.15, 0.2) is 23.2 Å². The standard InChI is InChI=1S/C23H18FN5O3/c1-14-16(23(31)29-22(27-14)21-25-11-6-12-26-21)13-19(30)28-20-17(24)9-5-10-18(20)32-15-7-3-2-4-8-15/h2-12H,13H2,1H3,(H,28,30)(H,27,29,31). The van der Waals surface area contributed by atoms with Crippen LogP contribution in [0.1, 0.15) is 11.3 Å². The first-order valence-corrected chi connectivity index (χ1v) is 9.69. The Bertz CT molecular complexity index is 1310. The van der Waals surface area contributed by atoms with E-state index in [1.54, 1.807) is 43.3 Å². The third kappa shape index (κ3) is 4.67. The Morgan fingerprint density at radius 3 is 2.53 bits per heavy atom. The molecule has 4 rings (SSSR count). The summed E-state index contributed by atoms with van der Waals surface area (Å²) in [6, 6.07) is 14.7. The maximum absolute atomic E-state index is 14.5. The van der Waals surface area contributed by atoms with Crippen molar-refractivity contribution in [2.75, 3.05) is 5.32 Å². The van der Waals surface area contributed by atoms with Crippen LogP contribution in [-0.2, 0) is 11.2 Å². The van der Waals surface area contributed by atoms with Gasteiger partial charge in [0.25, 0.3) is 5.56 Å². The fraction of sp³-hybridized carbons (Fsp3) is 0.0870. The lowest BCUT2D eigenvalue weighted by Gasteiger charge is -2.13. The van der Waals surface area contributed by atoms with E-state index in [0.29, 0.717) is 11.4 Å². The van der Waals surface area contributed by atoms with E-state index in [9.17, 15) is 14.0 Å². The fourth-order valence-electron chi connectivity index (χ4n) is 3.02. The summed E-state index contributed by atoms with van der Waals surface area (Å²) in [5.74, 6) is -0.157. The molecule has 2 N–H and O–H groups in total. The Labute approximate surface area is 182 Å². The van der Waals surface area contributed by atoms with Gasteiger partial charge in [0, 0.05) is 23.7 Å². The van der Waals surface area contributed by atoms with E-state index in [0.717, 1.165) is 0 Å². The molecule has 0 aliphatic carbocycles. The lowest BCUT2D eigenvalue weighted by atomic mass is 10.1. The lowest BCUT2D eigenvalue weighted by Crippen LogP contribution is -2.24. The van der Waals surface area contributed by atoms with Crippen LogP contribution in [0.25, 0.3) is 11.6 Å². The number of carbonyl (C=O) groups excluding carboxylic acids is 1. The highest BCUT2D eigenvalue weighted by molar-refractivity contribution is 5.94. The molecule has 0 aliphatic rings. The summed E-state index contributed by atoms with van der Waals surface area (Å²) in [5.41, 5.74) is -0.105. The van der Waals surface area contributed by atoms with Gasteiger partial charge in [0.2, 0.25) is 5.91 Å². The maximum Gasteiger partial charge on any atom is 0.255 e. The predicted octanol–water partition coefficient (Wildman–Crippen LogP) is 3.65. The van der Waals surface area contributed by atoms with Gasteiger partial charge in [-0.1, -0.05) is 24.3 Å². The van der Waals surface area contributed by atoms with E-state index in [2.05, 4.69) is 25.3 Å². The van der Waals surface area contributed by atoms with Gasteiger partial charge in [0.05, 0.1) is 6.42 Å². The number of hydrogen-bond acceptors (Lipinski definition) is 6. The highest BCUT2D eigenvalue weighted by atomic mass is 19.1. The highest BCUT2D eigenvalue weighted by Gasteiger charge is 2.18. The molecule has 2 aromatic carbocycles. The summed E-state index contributed by atoms with van der Waals surface area (Å²) < 4.78 is 20.2. The van der Waals surface area contributed by atoms with Crippen LogP contribution in [0.4, 0.5) is 10.1 Å². The summed E-state index contributed by atoms with van der Waals surface area (Å²) in [6.07, 6.45) is 2.76. The van der Waals surface area contributed by atoms with Crippen molar-refractivity contribution < 1.29 is 13.9 Å². The summed E-state index contributed by atoms with van der Waals surface area (Å²) in [5, 5.41) is 2.50. The van der Waals surface area contributed by atoms with E-state index in [-0.39, 0.29) is 35.1 Å². The number of rotatable bonds is 6. The Morgan fingerprint density at radius 1 is 1.06 bits per heavy atom. The van der Waals surface area contributed by atoms with Crippen LogP contribution in [0.15, 0.2) is 71.8 Å². The van der Waals surface area contributed by atoms with Crippen molar-refractivity contribution in [2.24, 2.45) is 0 Å². The van der Waals surface area contributed by atoms with E-state index < -0.39 is 17.3 Å². The molecule has 4 aromatic rings. The number of nitrogens with zero attached hydrogens (tertiary/aromatic N) is 3. The van der Waals surface area contributed by atoms with Crippen molar-refractivity contribution in [2.45, 2.75) is 13.3 Å². The zero-order valence-electron chi connectivity index (χ0n) is 17.0. The number of hydrogen-bond donors (Lipinski definition) is 2. The van der Waals surface area contributed by atoms with Gasteiger partial charge in [-0.3, -0.25) is 9.59 Å². The summed E-state index contributed by atoms with van der Waals surface area (Å²) in [6.45, 7) is 1.61. The number of halogens is 1. The second-order valence-electron chi connectivity index (χ2n) is 6.80. The number of aryl methyl sites for hydroxylation is 1. The minimum Gasteiger partial charge on any atom is -0.455 e. The van der Waals surface area contributed by atoms with Crippen LogP contribution in [0.5, 0.6) is 11.5 Å². The first-order chi connectivity index (χ1) is 15.5. The summed E-state index contributed by atoms with van der Waals surface area (Å²) >= 11 is 0. The third-order valence-corrected chi connectivity index (χ3v) is 4.55. The van der Waals surface area contributed by atoms with E-state index in [4.69, 9.17) is 4.74 Å². The van der Waals surface area contributed by atoms with Crippen LogP contribution < -0.4 is 15.6 Å². The largest absolute Gasteiger partial charge is 0.455 e. The van der Waals surface area contributed by atoms with Gasteiger partial charge >= 0.3 is 0 Å². The number of aromatic nitrogens is 4. The van der Waals surface area contributed by atoms with Crippen LogP contribution in [0.2, 0.25) is 0 Å². The minimum absolute atomic E-state index is 0.113. The maximum atomic E-state index is 14.5. The van der Waals surface area contributed by atoms with Crippen molar-refractivity contribution in [3.05, 3.63) is 94.4 Å². The van der Waals surface area contributed by atoms with Crippen LogP contribution >= 0.6 is 0 Å². The lowest BCUT2D eigenvalue weighted by molar-refractivity contribution is -0.115. The predicted molar refractivity (Wildman–Crippen MR) is 116 cm³/mol. The highest BCUT2D eigenvalue weighted by Crippen LogP contribution is 2.31. The Morgan fingerprint density at radius 2 is 1.81 bits per heavy atom. The number of aromatic amines is 1. The molecule has 2 heterocycles. The van der Waals surface area contributed by atoms with Crippen molar-refractivity contribution in [3.8, 4) is 23.1 Å². The van der Waals surface area contributed by atoms with Crippen LogP contribution in [0, 0.1) is 12.7 Å². The Kier molecular flexibility index (Phi) is 5.98. The average Bonchev–Trinajstić information content (AvgIpc) is 2.80. The Balaban J connectivity index is 1.55. The Hall–Kier alpha value is -4.40. The third-order valence-electron chi connectivity index (χ3n) is 4.55. The van der Waals surface area contributed by atoms with Gasteiger partial charge in [-0.25, -0.2) is 19.3 Å². The minimum atomic E-state index is -0.660. The zero-order valence-corrected chi connectivity index (χ0v) is 17.0. The zero-order chi connectivity index (χ0) is 22.5. The molecular weight excluding hydrogens is 413 g/mol. The molecule has 0 bridgehead atoms. The van der Waals surface area contributed by atoms with E-state index >= 15 is 0 Å². The molecule has 32 heavy (non-hydrogen) atoms. The fourth-order valence-corrected chi connectivity index (χ4v) is 3.02. The second kappa shape index (κ2) is 9.17. The number of para-hydroxylation sites is 2. The summed E-state index contributed by atoms with van der Waals surface area (Å²) in [7, 11) is 0. The quantitative estimate of drug-likeness (QED) is 0.482. The number of anilines is 1. The number of benzene rings is 2. The molecular formula is C23H18FN5O3. The smallest absolute Gasteiger partial charge is 0.255 e. The molecule has 0 radical (unpaired) electrons. The molecule has 160 valence electrons. The molecule has 0 saturated carbocycles. The SMILES string of the molecule is Cc1nc(-c2ncccn2)[nH]c(=O)c1CC(=O)Nc1c(F)cccc1Oc1ccccc1. The van der Waals surface area contributed by atoms with Crippen molar-refractivity contribution in [1.29, 1.82) is 0 Å². The molecule has 8 nitrogen and oxygen atoms in total. The van der Waals surface area contributed by atoms with Crippen LogP contribution in [0.3, 0.4) is 0 Å². The van der Waals surface area contributed by atoms with Gasteiger partial charge in [-0.2, -0.15) is 0 Å². The number of H-pyrrole nitrogens is 1. The number of amides is 1. The van der Waals surface area contributed by atoms with Crippen molar-refractivity contribution in [3.63, 3.8) is 0 Å². The van der Waals surface area contributed by atoms with Gasteiger partial charge in [-0.15, -0.1) is 0 Å². The molecule has 2 aromatic heterocycles. The first kappa shape index (κ1) is 20.9. The van der Waals surface area contributed by atoms with Gasteiger partial charge < -0.3 is 15.0 Å². The van der Waals surface area contributed by atoms with Crippen molar-refractivity contribution >= 4 is 11.6 Å². The molecule has 0 unspecified atom stereocenters. The number of carbonyl (C=O) groups is 1. The molecule has 1 amide bonds. The topological polar surface area (TPSA) is 110 Å². The molecule has 0 spiro atoms. The van der Waals surface area contributed by atoms with E-state index in [1.807, 2.05) is 6.07 Å². The second-order valence-corrected chi connectivity index (χ2v) is 6.80. The van der Waals surface area contributed by atoms with Gasteiger partial charge in [0.1, 0.15) is 11.4 Å². The molecule has 0 fully saturated rings. The first-order valence-electron chi connectivity index (χ1n) is 9.69. The van der Waals surface area contributed by atoms with Gasteiger partial charge in [-0.05, 0) is 37.3 Å². The molecule has 0 aliphatic heterocycles.